The summed E-state index contributed by atoms with van der Waals surface area (Å²) >= 11 is 0. The quantitative estimate of drug-likeness (QED) is 0.846. The van der Waals surface area contributed by atoms with Crippen molar-refractivity contribution < 1.29 is 18.3 Å². The van der Waals surface area contributed by atoms with Crippen LogP contribution in [0.2, 0.25) is 0 Å². The number of aromatic amines is 1. The molecule has 0 radical (unpaired) electrons. The summed E-state index contributed by atoms with van der Waals surface area (Å²) in [5.74, 6) is -2.52. The van der Waals surface area contributed by atoms with Gasteiger partial charge in [0.05, 0.1) is 10.9 Å². The Balaban J connectivity index is 2.14. The van der Waals surface area contributed by atoms with Gasteiger partial charge in [0.15, 0.2) is 0 Å². The van der Waals surface area contributed by atoms with Gasteiger partial charge in [0.25, 0.3) is 0 Å². The number of nitrogens with one attached hydrogen (secondary N) is 1. The second-order valence-electron chi connectivity index (χ2n) is 4.45. The number of fused-ring (bicyclic) bond motifs is 1. The van der Waals surface area contributed by atoms with Crippen molar-refractivity contribution in [2.75, 3.05) is 0 Å². The lowest BCUT2D eigenvalue weighted by Gasteiger charge is -2.04. The van der Waals surface area contributed by atoms with Crippen LogP contribution in [0.1, 0.15) is 23.2 Å². The average Bonchev–Trinajstić information content (AvgIpc) is 3.14. The van der Waals surface area contributed by atoms with Crippen LogP contribution in [-0.4, -0.2) is 17.1 Å². The number of pyridine rings is 1. The third kappa shape index (κ3) is 2.09. The minimum Gasteiger partial charge on any atom is -0.459 e. The van der Waals surface area contributed by atoms with Gasteiger partial charge in [-0.15, -0.1) is 0 Å². The van der Waals surface area contributed by atoms with Gasteiger partial charge >= 0.3 is 5.97 Å². The van der Waals surface area contributed by atoms with E-state index < -0.39 is 23.0 Å². The Kier molecular flexibility index (Phi) is 2.58. The van der Waals surface area contributed by atoms with Crippen molar-refractivity contribution in [3.8, 4) is 0 Å². The maximum Gasteiger partial charge on any atom is 0.343 e. The molecule has 2 aromatic rings. The van der Waals surface area contributed by atoms with E-state index in [4.69, 9.17) is 4.74 Å². The number of aromatic nitrogens is 1. The van der Waals surface area contributed by atoms with E-state index in [2.05, 4.69) is 4.98 Å². The van der Waals surface area contributed by atoms with E-state index in [1.807, 2.05) is 0 Å². The van der Waals surface area contributed by atoms with Crippen LogP contribution in [0.4, 0.5) is 8.78 Å². The van der Waals surface area contributed by atoms with Crippen molar-refractivity contribution in [3.05, 3.63) is 45.8 Å². The predicted octanol–water partition coefficient (Wildman–Crippen LogP) is 2.13. The van der Waals surface area contributed by atoms with Crippen LogP contribution in [0.25, 0.3) is 10.9 Å². The molecule has 1 aliphatic rings. The smallest absolute Gasteiger partial charge is 0.343 e. The van der Waals surface area contributed by atoms with Crippen molar-refractivity contribution in [3.63, 3.8) is 0 Å². The molecule has 1 aromatic carbocycles. The number of benzene rings is 1. The van der Waals surface area contributed by atoms with Crippen molar-refractivity contribution in [1.82, 2.24) is 4.98 Å². The molecule has 1 aliphatic carbocycles. The number of rotatable bonds is 2. The molecule has 1 saturated carbocycles. The van der Waals surface area contributed by atoms with E-state index in [0.717, 1.165) is 25.1 Å². The van der Waals surface area contributed by atoms with Crippen LogP contribution >= 0.6 is 0 Å². The molecule has 0 saturated heterocycles. The van der Waals surface area contributed by atoms with Gasteiger partial charge in [-0.3, -0.25) is 4.79 Å². The number of halogens is 2. The zero-order valence-corrected chi connectivity index (χ0v) is 9.70. The molecule has 1 fully saturated rings. The predicted molar refractivity (Wildman–Crippen MR) is 62.9 cm³/mol. The summed E-state index contributed by atoms with van der Waals surface area (Å²) in [4.78, 5) is 26.2. The van der Waals surface area contributed by atoms with Crippen LogP contribution in [0, 0.1) is 11.6 Å². The minimum atomic E-state index is -0.880. The van der Waals surface area contributed by atoms with Crippen LogP contribution in [0.3, 0.4) is 0 Å². The highest BCUT2D eigenvalue weighted by atomic mass is 19.1. The fourth-order valence-corrected chi connectivity index (χ4v) is 1.81. The van der Waals surface area contributed by atoms with Crippen molar-refractivity contribution in [2.45, 2.75) is 18.9 Å². The van der Waals surface area contributed by atoms with Gasteiger partial charge in [-0.2, -0.15) is 0 Å². The first kappa shape index (κ1) is 11.8. The van der Waals surface area contributed by atoms with Gasteiger partial charge < -0.3 is 9.72 Å². The fourth-order valence-electron chi connectivity index (χ4n) is 1.81. The Labute approximate surface area is 106 Å². The summed E-state index contributed by atoms with van der Waals surface area (Å²) in [5, 5.41) is -0.206. The van der Waals surface area contributed by atoms with E-state index in [9.17, 15) is 18.4 Å². The molecular weight excluding hydrogens is 256 g/mol. The van der Waals surface area contributed by atoms with E-state index in [1.165, 1.54) is 0 Å². The molecule has 19 heavy (non-hydrogen) atoms. The third-order valence-corrected chi connectivity index (χ3v) is 2.92. The summed E-state index contributed by atoms with van der Waals surface area (Å²) in [6, 6.07) is 1.56. The van der Waals surface area contributed by atoms with E-state index in [1.54, 1.807) is 0 Å². The third-order valence-electron chi connectivity index (χ3n) is 2.92. The number of hydrogen-bond donors (Lipinski definition) is 1. The van der Waals surface area contributed by atoms with E-state index in [-0.39, 0.29) is 22.6 Å². The minimum absolute atomic E-state index is 0.130. The summed E-state index contributed by atoms with van der Waals surface area (Å²) in [5.41, 5.74) is -1.11. The van der Waals surface area contributed by atoms with Gasteiger partial charge in [0.1, 0.15) is 23.3 Å². The van der Waals surface area contributed by atoms with E-state index >= 15 is 0 Å². The van der Waals surface area contributed by atoms with Crippen molar-refractivity contribution in [1.29, 1.82) is 0 Å². The van der Waals surface area contributed by atoms with Gasteiger partial charge in [0, 0.05) is 12.3 Å². The normalized spacial score (nSPS) is 14.6. The standard InChI is InChI=1S/C13H9F2NO3/c14-6-3-8-11(10(15)4-6)16-5-9(12(8)17)13(18)19-7-1-2-7/h3-5,7H,1-2H2,(H,16,17). The number of carbonyl (C=O) groups is 1. The van der Waals surface area contributed by atoms with Gasteiger partial charge in [0.2, 0.25) is 5.43 Å². The van der Waals surface area contributed by atoms with Crippen LogP contribution in [-0.2, 0) is 4.74 Å². The molecule has 0 amide bonds. The monoisotopic (exact) mass is 265 g/mol. The number of esters is 1. The molecule has 98 valence electrons. The highest BCUT2D eigenvalue weighted by Crippen LogP contribution is 2.24. The highest BCUT2D eigenvalue weighted by Gasteiger charge is 2.28. The second kappa shape index (κ2) is 4.15. The molecule has 6 heteroatoms. The number of ether oxygens (including phenoxy) is 1. The van der Waals surface area contributed by atoms with Crippen LogP contribution in [0.15, 0.2) is 23.1 Å². The summed E-state index contributed by atoms with van der Waals surface area (Å²) in [7, 11) is 0. The van der Waals surface area contributed by atoms with Crippen LogP contribution in [0.5, 0.6) is 0 Å². The number of carbonyl (C=O) groups excluding carboxylic acids is 1. The molecule has 0 bridgehead atoms. The summed E-state index contributed by atoms with van der Waals surface area (Å²) in [6.45, 7) is 0. The van der Waals surface area contributed by atoms with E-state index in [0.29, 0.717) is 6.07 Å². The van der Waals surface area contributed by atoms with Crippen molar-refractivity contribution >= 4 is 16.9 Å². The number of hydrogen-bond acceptors (Lipinski definition) is 3. The molecule has 0 aliphatic heterocycles. The van der Waals surface area contributed by atoms with Gasteiger partial charge in [-0.25, -0.2) is 13.6 Å². The Morgan fingerprint density at radius 1 is 1.32 bits per heavy atom. The first-order chi connectivity index (χ1) is 9.06. The first-order valence-corrected chi connectivity index (χ1v) is 5.77. The molecule has 1 N–H and O–H groups in total. The Morgan fingerprint density at radius 2 is 2.05 bits per heavy atom. The molecule has 3 rings (SSSR count). The maximum absolute atomic E-state index is 13.5. The lowest BCUT2D eigenvalue weighted by molar-refractivity contribution is 0.0470. The highest BCUT2D eigenvalue weighted by molar-refractivity contribution is 5.93. The molecule has 0 atom stereocenters. The average molecular weight is 265 g/mol. The largest absolute Gasteiger partial charge is 0.459 e. The molecule has 4 nitrogen and oxygen atoms in total. The molecular formula is C13H9F2NO3. The maximum atomic E-state index is 13.5. The lowest BCUT2D eigenvalue weighted by atomic mass is 10.1. The zero-order valence-electron chi connectivity index (χ0n) is 9.70. The van der Waals surface area contributed by atoms with Crippen LogP contribution < -0.4 is 5.43 Å². The SMILES string of the molecule is O=C(OC1CC1)c1c[nH]c2c(F)cc(F)cc2c1=O. The fraction of sp³-hybridized carbons (Fsp3) is 0.231. The Morgan fingerprint density at radius 3 is 2.74 bits per heavy atom. The first-order valence-electron chi connectivity index (χ1n) is 5.77. The second-order valence-corrected chi connectivity index (χ2v) is 4.45. The van der Waals surface area contributed by atoms with Gasteiger partial charge in [-0.05, 0) is 18.9 Å². The zero-order chi connectivity index (χ0) is 13.6. The summed E-state index contributed by atoms with van der Waals surface area (Å²) in [6.07, 6.45) is 2.50. The number of H-pyrrole nitrogens is 1. The topological polar surface area (TPSA) is 59.2 Å². The molecule has 0 spiro atoms. The Hall–Kier alpha value is -2.24. The molecule has 1 heterocycles. The van der Waals surface area contributed by atoms with Crippen molar-refractivity contribution in [2.24, 2.45) is 0 Å². The molecule has 1 aromatic heterocycles. The lowest BCUT2D eigenvalue weighted by Crippen LogP contribution is -2.19. The molecule has 0 unspecified atom stereocenters. The summed E-state index contributed by atoms with van der Waals surface area (Å²) < 4.78 is 31.6. The Bertz CT molecular complexity index is 734. The van der Waals surface area contributed by atoms with Gasteiger partial charge in [-0.1, -0.05) is 0 Å².